The minimum absolute atomic E-state index is 0.0952. The molecule has 14 heteroatoms. The summed E-state index contributed by atoms with van der Waals surface area (Å²) in [5.41, 5.74) is -2.07. The number of ether oxygens (including phenoxy) is 2. The molecule has 0 bridgehead atoms. The first kappa shape index (κ1) is 22.8. The molecule has 3 heterocycles. The Morgan fingerprint density at radius 1 is 1.39 bits per heavy atom. The van der Waals surface area contributed by atoms with Crippen molar-refractivity contribution < 1.29 is 34.5 Å². The van der Waals surface area contributed by atoms with Crippen molar-refractivity contribution in [1.29, 1.82) is 0 Å². The molecule has 0 spiro atoms. The second-order valence-electron chi connectivity index (χ2n) is 7.15. The van der Waals surface area contributed by atoms with Crippen LogP contribution in [0.5, 0.6) is 0 Å². The predicted octanol–water partition coefficient (Wildman–Crippen LogP) is 0.308. The maximum Gasteiger partial charge on any atom is 0.413 e. The molecule has 0 aliphatic carbocycles. The molecule has 1 aliphatic heterocycles. The van der Waals surface area contributed by atoms with Crippen molar-refractivity contribution >= 4 is 28.2 Å². The largest absolute Gasteiger partial charge is 0.438 e. The number of thiophene rings is 1. The van der Waals surface area contributed by atoms with Crippen LogP contribution in [-0.4, -0.2) is 60.8 Å². The summed E-state index contributed by atoms with van der Waals surface area (Å²) in [7, 11) is 0. The summed E-state index contributed by atoms with van der Waals surface area (Å²) in [6, 6.07) is 4.04. The average Bonchev–Trinajstić information content (AvgIpc) is 3.29. The van der Waals surface area contributed by atoms with E-state index in [0.717, 1.165) is 15.9 Å². The Kier molecular flexibility index (Phi) is 6.38. The fourth-order valence-electron chi connectivity index (χ4n) is 2.95. The molecule has 31 heavy (non-hydrogen) atoms. The molecular weight excluding hydrogens is 436 g/mol. The Bertz CT molecular complexity index is 1040. The molecule has 0 saturated carbocycles. The standard InChI is InChI=1S/C17H20N4O9S/c1-17(2,9-3-4-11(31-9)21(27)28)30-16(26)19-10-5-6-20(15(25)18-10)14-13(24)12(23)8(7-22)29-14/h3-6,8,12-14,22-24H,7H2,1-2H3,(H,18,19,25,26)/t8-,12-,13+,14-/m1/s1. The van der Waals surface area contributed by atoms with E-state index in [0.29, 0.717) is 4.88 Å². The number of aliphatic hydroxyl groups excluding tert-OH is 3. The normalized spacial score (nSPS) is 23.5. The highest BCUT2D eigenvalue weighted by molar-refractivity contribution is 7.15. The third kappa shape index (κ3) is 4.72. The average molecular weight is 456 g/mol. The van der Waals surface area contributed by atoms with Gasteiger partial charge < -0.3 is 24.8 Å². The number of nitrogens with zero attached hydrogens (tertiary/aromatic N) is 3. The number of nitro groups is 1. The van der Waals surface area contributed by atoms with Crippen LogP contribution in [0.2, 0.25) is 0 Å². The van der Waals surface area contributed by atoms with Gasteiger partial charge in [-0.2, -0.15) is 4.98 Å². The maximum absolute atomic E-state index is 12.3. The number of carbonyl (C=O) groups excluding carboxylic acids is 1. The molecule has 2 aromatic rings. The molecule has 3 rings (SSSR count). The zero-order valence-corrected chi connectivity index (χ0v) is 17.2. The third-order valence-electron chi connectivity index (χ3n) is 4.56. The Hall–Kier alpha value is -2.91. The minimum atomic E-state index is -1.46. The molecule has 4 atom stereocenters. The molecule has 13 nitrogen and oxygen atoms in total. The number of aromatic nitrogens is 2. The van der Waals surface area contributed by atoms with Gasteiger partial charge in [0.2, 0.25) is 0 Å². The Morgan fingerprint density at radius 3 is 2.65 bits per heavy atom. The van der Waals surface area contributed by atoms with Gasteiger partial charge in [0.1, 0.15) is 29.7 Å². The first-order chi connectivity index (χ1) is 14.5. The van der Waals surface area contributed by atoms with Crippen LogP contribution in [0.15, 0.2) is 29.2 Å². The maximum atomic E-state index is 12.3. The van der Waals surface area contributed by atoms with Crippen LogP contribution in [0.25, 0.3) is 0 Å². The number of hydrogen-bond acceptors (Lipinski definition) is 11. The van der Waals surface area contributed by atoms with Gasteiger partial charge in [0.25, 0.3) is 0 Å². The highest BCUT2D eigenvalue weighted by Crippen LogP contribution is 2.35. The van der Waals surface area contributed by atoms with Crippen LogP contribution < -0.4 is 11.0 Å². The van der Waals surface area contributed by atoms with Crippen LogP contribution in [0.3, 0.4) is 0 Å². The second kappa shape index (κ2) is 8.68. The van der Waals surface area contributed by atoms with Crippen molar-refractivity contribution in [2.75, 3.05) is 11.9 Å². The Balaban J connectivity index is 1.69. The smallest absolute Gasteiger partial charge is 0.413 e. The number of hydrogen-bond donors (Lipinski definition) is 4. The molecule has 4 N–H and O–H groups in total. The summed E-state index contributed by atoms with van der Waals surface area (Å²) in [5.74, 6) is -0.147. The lowest BCUT2D eigenvalue weighted by Gasteiger charge is -2.23. The van der Waals surface area contributed by atoms with Crippen LogP contribution in [-0.2, 0) is 15.1 Å². The van der Waals surface area contributed by atoms with Crippen LogP contribution in [0, 0.1) is 10.1 Å². The van der Waals surface area contributed by atoms with Gasteiger partial charge in [-0.25, -0.2) is 9.59 Å². The first-order valence-electron chi connectivity index (χ1n) is 9.00. The lowest BCUT2D eigenvalue weighted by molar-refractivity contribution is -0.380. The van der Waals surface area contributed by atoms with E-state index < -0.39 is 53.5 Å². The number of carbonyl (C=O) groups is 1. The van der Waals surface area contributed by atoms with Crippen LogP contribution >= 0.6 is 11.3 Å². The minimum Gasteiger partial charge on any atom is -0.438 e. The lowest BCUT2D eigenvalue weighted by atomic mass is 10.1. The molecule has 0 radical (unpaired) electrons. The van der Waals surface area contributed by atoms with E-state index in [1.807, 2.05) is 0 Å². The van der Waals surface area contributed by atoms with Gasteiger partial charge in [0.15, 0.2) is 6.23 Å². The van der Waals surface area contributed by atoms with Gasteiger partial charge in [0.05, 0.1) is 16.4 Å². The van der Waals surface area contributed by atoms with Gasteiger partial charge in [-0.15, -0.1) is 0 Å². The third-order valence-corrected chi connectivity index (χ3v) is 5.91. The highest BCUT2D eigenvalue weighted by atomic mass is 32.1. The van der Waals surface area contributed by atoms with Crippen LogP contribution in [0.1, 0.15) is 25.0 Å². The number of rotatable bonds is 6. The molecule has 1 saturated heterocycles. The second-order valence-corrected chi connectivity index (χ2v) is 8.21. The summed E-state index contributed by atoms with van der Waals surface area (Å²) in [6.45, 7) is 2.55. The van der Waals surface area contributed by atoms with Crippen LogP contribution in [0.4, 0.5) is 15.6 Å². The predicted molar refractivity (Wildman–Crippen MR) is 106 cm³/mol. The number of nitrogens with one attached hydrogen (secondary N) is 1. The Morgan fingerprint density at radius 2 is 2.10 bits per heavy atom. The molecule has 1 aliphatic rings. The summed E-state index contributed by atoms with van der Waals surface area (Å²) in [6.07, 6.45) is -4.92. The Labute approximate surface area is 178 Å². The fraction of sp³-hybridized carbons (Fsp3) is 0.471. The van der Waals surface area contributed by atoms with E-state index in [1.54, 1.807) is 13.8 Å². The van der Waals surface area contributed by atoms with Gasteiger partial charge in [-0.05, 0) is 26.0 Å². The summed E-state index contributed by atoms with van der Waals surface area (Å²) >= 11 is 0.868. The fourth-order valence-corrected chi connectivity index (χ4v) is 3.81. The molecule has 2 aromatic heterocycles. The topological polar surface area (TPSA) is 186 Å². The van der Waals surface area contributed by atoms with E-state index in [9.17, 15) is 29.9 Å². The van der Waals surface area contributed by atoms with Gasteiger partial charge in [0, 0.05) is 12.3 Å². The van der Waals surface area contributed by atoms with Gasteiger partial charge in [-0.1, -0.05) is 11.3 Å². The van der Waals surface area contributed by atoms with E-state index >= 15 is 0 Å². The van der Waals surface area contributed by atoms with Crippen molar-refractivity contribution in [1.82, 2.24) is 9.55 Å². The SMILES string of the molecule is CC(C)(OC(=O)Nc1ccn([C@@H]2O[C@H](CO)[C@@H](O)[C@@H]2O)c(=O)n1)c1ccc([N+](=O)[O-])s1. The van der Waals surface area contributed by atoms with E-state index in [-0.39, 0.29) is 10.8 Å². The van der Waals surface area contributed by atoms with Crippen molar-refractivity contribution in [3.8, 4) is 0 Å². The monoisotopic (exact) mass is 456 g/mol. The van der Waals surface area contributed by atoms with Gasteiger partial charge >= 0.3 is 16.8 Å². The van der Waals surface area contributed by atoms with E-state index in [2.05, 4.69) is 10.3 Å². The van der Waals surface area contributed by atoms with Crippen molar-refractivity contribution in [2.24, 2.45) is 0 Å². The molecule has 0 unspecified atom stereocenters. The molecule has 1 amide bonds. The van der Waals surface area contributed by atoms with Crippen molar-refractivity contribution in [2.45, 2.75) is 44.0 Å². The molecular formula is C17H20N4O9S. The first-order valence-corrected chi connectivity index (χ1v) is 9.81. The molecule has 168 valence electrons. The summed E-state index contributed by atoms with van der Waals surface area (Å²) in [5, 5.41) is 42.0. The number of anilines is 1. The summed E-state index contributed by atoms with van der Waals surface area (Å²) < 4.78 is 11.5. The van der Waals surface area contributed by atoms with E-state index in [4.69, 9.17) is 14.6 Å². The summed E-state index contributed by atoms with van der Waals surface area (Å²) in [4.78, 5) is 38.9. The molecule has 0 aromatic carbocycles. The molecule has 1 fully saturated rings. The van der Waals surface area contributed by atoms with Crippen molar-refractivity contribution in [3.63, 3.8) is 0 Å². The number of amides is 1. The van der Waals surface area contributed by atoms with E-state index in [1.165, 1.54) is 24.4 Å². The lowest BCUT2D eigenvalue weighted by Crippen LogP contribution is -2.36. The van der Waals surface area contributed by atoms with Gasteiger partial charge in [-0.3, -0.25) is 20.0 Å². The highest BCUT2D eigenvalue weighted by Gasteiger charge is 2.43. The zero-order chi connectivity index (χ0) is 22.9. The zero-order valence-electron chi connectivity index (χ0n) is 16.4. The van der Waals surface area contributed by atoms with Crippen molar-refractivity contribution in [3.05, 3.63) is 49.9 Å². The quantitative estimate of drug-likeness (QED) is 0.348. The number of aliphatic hydroxyl groups is 3.